The van der Waals surface area contributed by atoms with Crippen LogP contribution in [0.1, 0.15) is 26.7 Å². The average molecular weight is 286 g/mol. The van der Waals surface area contributed by atoms with Crippen molar-refractivity contribution < 1.29 is 4.79 Å². The van der Waals surface area contributed by atoms with Crippen LogP contribution in [0.15, 0.2) is 0 Å². The molecule has 1 heterocycles. The smallest absolute Gasteiger partial charge is 0.224 e. The number of hydrogen-bond acceptors (Lipinski definition) is 3. The second-order valence-electron chi connectivity index (χ2n) is 4.31. The van der Waals surface area contributed by atoms with Gasteiger partial charge in [-0.05, 0) is 25.9 Å². The molecule has 0 aromatic rings. The second kappa shape index (κ2) is 9.95. The molecular formula is C11H25Cl2N3O. The Kier molecular flexibility index (Phi) is 11.3. The minimum Gasteiger partial charge on any atom is -0.354 e. The van der Waals surface area contributed by atoms with Gasteiger partial charge < -0.3 is 11.1 Å². The van der Waals surface area contributed by atoms with Crippen LogP contribution in [0.25, 0.3) is 0 Å². The molecule has 1 amide bonds. The van der Waals surface area contributed by atoms with Gasteiger partial charge in [0.15, 0.2) is 0 Å². The van der Waals surface area contributed by atoms with Gasteiger partial charge in [0, 0.05) is 25.0 Å². The minimum atomic E-state index is -0.0681. The number of halogens is 2. The van der Waals surface area contributed by atoms with Crippen LogP contribution in [-0.4, -0.2) is 43.0 Å². The molecule has 0 aromatic heterocycles. The number of nitrogens with zero attached hydrogens (tertiary/aromatic N) is 1. The molecular weight excluding hydrogens is 261 g/mol. The third-order valence-electron chi connectivity index (χ3n) is 3.22. The van der Waals surface area contributed by atoms with E-state index in [-0.39, 0.29) is 36.6 Å². The van der Waals surface area contributed by atoms with Gasteiger partial charge in [-0.25, -0.2) is 0 Å². The van der Waals surface area contributed by atoms with Crippen LogP contribution in [0.2, 0.25) is 0 Å². The van der Waals surface area contributed by atoms with Crippen molar-refractivity contribution >= 4 is 30.7 Å². The number of amides is 1. The van der Waals surface area contributed by atoms with E-state index < -0.39 is 0 Å². The van der Waals surface area contributed by atoms with Crippen molar-refractivity contribution in [3.63, 3.8) is 0 Å². The Morgan fingerprint density at radius 1 is 1.53 bits per heavy atom. The summed E-state index contributed by atoms with van der Waals surface area (Å²) in [6.07, 6.45) is 2.45. The van der Waals surface area contributed by atoms with E-state index in [0.29, 0.717) is 12.6 Å². The van der Waals surface area contributed by atoms with Gasteiger partial charge in [0.2, 0.25) is 5.91 Å². The molecule has 3 N–H and O–H groups in total. The maximum atomic E-state index is 11.5. The lowest BCUT2D eigenvalue weighted by Crippen LogP contribution is -2.42. The molecule has 0 spiro atoms. The summed E-state index contributed by atoms with van der Waals surface area (Å²) in [6, 6.07) is 0.531. The van der Waals surface area contributed by atoms with E-state index in [4.69, 9.17) is 5.73 Å². The summed E-state index contributed by atoms with van der Waals surface area (Å²) in [5.74, 6) is 0.0157. The largest absolute Gasteiger partial charge is 0.354 e. The van der Waals surface area contributed by atoms with E-state index in [9.17, 15) is 4.79 Å². The molecule has 1 aliphatic rings. The standard InChI is InChI=1S/C11H23N3O.2ClH/c1-3-14-6-4-5-10(14)8-13-11(15)9(2)7-12;;/h9-10H,3-8,12H2,1-2H3,(H,13,15);2*1H. The SMILES string of the molecule is CCN1CCCC1CNC(=O)C(C)CN.Cl.Cl. The van der Waals surface area contributed by atoms with Crippen molar-refractivity contribution in [2.45, 2.75) is 32.7 Å². The Morgan fingerprint density at radius 3 is 2.71 bits per heavy atom. The van der Waals surface area contributed by atoms with Crippen LogP contribution >= 0.6 is 24.8 Å². The fourth-order valence-electron chi connectivity index (χ4n) is 2.04. The normalized spacial score (nSPS) is 21.2. The lowest BCUT2D eigenvalue weighted by Gasteiger charge is -2.23. The Hall–Kier alpha value is -0.0300. The molecule has 1 fully saturated rings. The van der Waals surface area contributed by atoms with Crippen molar-refractivity contribution in [3.8, 4) is 0 Å². The van der Waals surface area contributed by atoms with Crippen LogP contribution in [0.3, 0.4) is 0 Å². The molecule has 6 heteroatoms. The molecule has 0 radical (unpaired) electrons. The number of rotatable bonds is 5. The highest BCUT2D eigenvalue weighted by Crippen LogP contribution is 2.15. The number of carbonyl (C=O) groups excluding carboxylic acids is 1. The molecule has 2 unspecified atom stereocenters. The topological polar surface area (TPSA) is 58.4 Å². The van der Waals surface area contributed by atoms with E-state index >= 15 is 0 Å². The summed E-state index contributed by atoms with van der Waals surface area (Å²) < 4.78 is 0. The van der Waals surface area contributed by atoms with Gasteiger partial charge in [0.05, 0.1) is 0 Å². The van der Waals surface area contributed by atoms with Gasteiger partial charge in [-0.2, -0.15) is 0 Å². The Morgan fingerprint density at radius 2 is 2.18 bits per heavy atom. The van der Waals surface area contributed by atoms with Gasteiger partial charge in [-0.3, -0.25) is 9.69 Å². The third-order valence-corrected chi connectivity index (χ3v) is 3.22. The van der Waals surface area contributed by atoms with E-state index in [2.05, 4.69) is 17.1 Å². The van der Waals surface area contributed by atoms with E-state index in [1.165, 1.54) is 19.4 Å². The average Bonchev–Trinajstić information content (AvgIpc) is 2.71. The molecule has 104 valence electrons. The number of likely N-dealkylation sites (tertiary alicyclic amines) is 1. The summed E-state index contributed by atoms with van der Waals surface area (Å²) in [5, 5.41) is 2.98. The van der Waals surface area contributed by atoms with Crippen molar-refractivity contribution in [1.29, 1.82) is 0 Å². The number of nitrogens with one attached hydrogen (secondary N) is 1. The molecule has 1 rings (SSSR count). The van der Waals surface area contributed by atoms with Gasteiger partial charge in [0.25, 0.3) is 0 Å². The highest BCUT2D eigenvalue weighted by Gasteiger charge is 2.23. The Balaban J connectivity index is 0. The number of hydrogen-bond donors (Lipinski definition) is 2. The minimum absolute atomic E-state index is 0. The lowest BCUT2D eigenvalue weighted by atomic mass is 10.1. The maximum absolute atomic E-state index is 11.5. The van der Waals surface area contributed by atoms with E-state index in [0.717, 1.165) is 13.1 Å². The molecule has 1 saturated heterocycles. The monoisotopic (exact) mass is 285 g/mol. The fraction of sp³-hybridized carbons (Fsp3) is 0.909. The first kappa shape index (κ1) is 19.3. The van der Waals surface area contributed by atoms with E-state index in [1.807, 2.05) is 6.92 Å². The van der Waals surface area contributed by atoms with E-state index in [1.54, 1.807) is 0 Å². The zero-order valence-electron chi connectivity index (χ0n) is 10.6. The number of nitrogens with two attached hydrogens (primary N) is 1. The molecule has 17 heavy (non-hydrogen) atoms. The van der Waals surface area contributed by atoms with Gasteiger partial charge in [-0.15, -0.1) is 24.8 Å². The predicted octanol–water partition coefficient (Wildman–Crippen LogP) is 1.03. The Bertz CT molecular complexity index is 217. The zero-order valence-corrected chi connectivity index (χ0v) is 12.3. The summed E-state index contributed by atoms with van der Waals surface area (Å²) in [5.41, 5.74) is 5.44. The predicted molar refractivity (Wildman–Crippen MR) is 76.0 cm³/mol. The van der Waals surface area contributed by atoms with Crippen LogP contribution in [0.4, 0.5) is 0 Å². The summed E-state index contributed by atoms with van der Waals surface area (Å²) in [7, 11) is 0. The highest BCUT2D eigenvalue weighted by molar-refractivity contribution is 5.85. The van der Waals surface area contributed by atoms with Crippen LogP contribution in [0, 0.1) is 5.92 Å². The van der Waals surface area contributed by atoms with Crippen LogP contribution in [-0.2, 0) is 4.79 Å². The number of likely N-dealkylation sites (N-methyl/N-ethyl adjacent to an activating group) is 1. The quantitative estimate of drug-likeness (QED) is 0.793. The molecule has 0 aromatic carbocycles. The molecule has 0 bridgehead atoms. The van der Waals surface area contributed by atoms with Crippen LogP contribution in [0.5, 0.6) is 0 Å². The first-order valence-corrected chi connectivity index (χ1v) is 5.90. The zero-order chi connectivity index (χ0) is 11.3. The maximum Gasteiger partial charge on any atom is 0.224 e. The fourth-order valence-corrected chi connectivity index (χ4v) is 2.04. The van der Waals surface area contributed by atoms with Crippen molar-refractivity contribution in [2.75, 3.05) is 26.2 Å². The molecule has 1 aliphatic heterocycles. The van der Waals surface area contributed by atoms with Crippen molar-refractivity contribution in [2.24, 2.45) is 11.7 Å². The molecule has 4 nitrogen and oxygen atoms in total. The third kappa shape index (κ3) is 5.91. The molecule has 0 saturated carbocycles. The number of carbonyl (C=O) groups is 1. The van der Waals surface area contributed by atoms with Gasteiger partial charge in [-0.1, -0.05) is 13.8 Å². The van der Waals surface area contributed by atoms with Crippen LogP contribution < -0.4 is 11.1 Å². The first-order valence-electron chi connectivity index (χ1n) is 5.90. The molecule has 2 atom stereocenters. The summed E-state index contributed by atoms with van der Waals surface area (Å²) in [4.78, 5) is 13.9. The Labute approximate surface area is 117 Å². The summed E-state index contributed by atoms with van der Waals surface area (Å²) >= 11 is 0. The van der Waals surface area contributed by atoms with Crippen molar-refractivity contribution in [1.82, 2.24) is 10.2 Å². The second-order valence-corrected chi connectivity index (χ2v) is 4.31. The van der Waals surface area contributed by atoms with Crippen molar-refractivity contribution in [3.05, 3.63) is 0 Å². The van der Waals surface area contributed by atoms with Gasteiger partial charge in [0.1, 0.15) is 0 Å². The highest BCUT2D eigenvalue weighted by atomic mass is 35.5. The summed E-state index contributed by atoms with van der Waals surface area (Å²) in [6.45, 7) is 7.48. The molecule has 0 aliphatic carbocycles. The lowest BCUT2D eigenvalue weighted by molar-refractivity contribution is -0.124. The first-order chi connectivity index (χ1) is 7.19. The van der Waals surface area contributed by atoms with Gasteiger partial charge >= 0.3 is 0 Å².